The third kappa shape index (κ3) is 5.49. The van der Waals surface area contributed by atoms with E-state index >= 15 is 0 Å². The van der Waals surface area contributed by atoms with Crippen molar-refractivity contribution in [3.05, 3.63) is 219 Å². The van der Waals surface area contributed by atoms with Gasteiger partial charge in [-0.15, -0.1) is 0 Å². The number of fused-ring (bicyclic) bond motifs is 4. The standard InChI is InChI=1S/C52H36BN5/c1-3-18-37(19-4-1)56(38-20-5-2-6-21-38)39-32-33-43-51(36-39)58(47-28-11-8-23-41(47)45-26-14-16-35-55-45)50-31-17-30-49-52(50)53(43)42-24-9-12-29-48(42)57(49)46-27-10-7-22-40(46)44-25-13-15-34-54-44/h1-36H. The van der Waals surface area contributed by atoms with Gasteiger partial charge in [-0.25, -0.2) is 0 Å². The Bertz CT molecular complexity index is 2880. The van der Waals surface area contributed by atoms with Gasteiger partial charge in [0, 0.05) is 63.3 Å². The van der Waals surface area contributed by atoms with Crippen LogP contribution in [0.2, 0.25) is 0 Å². The lowest BCUT2D eigenvalue weighted by atomic mass is 9.33. The number of rotatable bonds is 7. The molecule has 2 aliphatic rings. The maximum absolute atomic E-state index is 4.87. The number of hydrogen-bond acceptors (Lipinski definition) is 5. The van der Waals surface area contributed by atoms with E-state index in [4.69, 9.17) is 9.97 Å². The zero-order chi connectivity index (χ0) is 38.4. The zero-order valence-electron chi connectivity index (χ0n) is 31.6. The van der Waals surface area contributed by atoms with Crippen molar-refractivity contribution in [2.75, 3.05) is 14.7 Å². The van der Waals surface area contributed by atoms with Crippen LogP contribution in [0.25, 0.3) is 22.5 Å². The highest BCUT2D eigenvalue weighted by Gasteiger charge is 2.44. The summed E-state index contributed by atoms with van der Waals surface area (Å²) in [5.41, 5.74) is 17.8. The fourth-order valence-corrected chi connectivity index (χ4v) is 8.94. The molecule has 0 N–H and O–H groups in total. The summed E-state index contributed by atoms with van der Waals surface area (Å²) in [6.07, 6.45) is 3.75. The molecule has 11 rings (SSSR count). The molecule has 2 aliphatic heterocycles. The third-order valence-corrected chi connectivity index (χ3v) is 11.3. The van der Waals surface area contributed by atoms with Crippen LogP contribution in [-0.2, 0) is 0 Å². The molecule has 0 amide bonds. The molecule has 7 aromatic carbocycles. The van der Waals surface area contributed by atoms with E-state index in [1.165, 1.54) is 16.4 Å². The Kier molecular flexibility index (Phi) is 8.18. The van der Waals surface area contributed by atoms with Gasteiger partial charge in [0.15, 0.2) is 0 Å². The van der Waals surface area contributed by atoms with E-state index in [0.717, 1.165) is 73.7 Å². The smallest absolute Gasteiger partial charge is 0.252 e. The summed E-state index contributed by atoms with van der Waals surface area (Å²) in [6.45, 7) is -0.0233. The van der Waals surface area contributed by atoms with Crippen LogP contribution in [0.3, 0.4) is 0 Å². The first-order valence-corrected chi connectivity index (χ1v) is 19.7. The summed E-state index contributed by atoms with van der Waals surface area (Å²) in [5, 5.41) is 0. The molecule has 2 aromatic heterocycles. The van der Waals surface area contributed by atoms with E-state index in [9.17, 15) is 0 Å². The van der Waals surface area contributed by atoms with Gasteiger partial charge in [0.05, 0.1) is 22.8 Å². The molecule has 4 heterocycles. The number of pyridine rings is 2. The molecular weight excluding hydrogens is 705 g/mol. The number of aromatic nitrogens is 2. The largest absolute Gasteiger partial charge is 0.311 e. The molecule has 0 fully saturated rings. The maximum Gasteiger partial charge on any atom is 0.252 e. The van der Waals surface area contributed by atoms with Crippen LogP contribution in [0.5, 0.6) is 0 Å². The lowest BCUT2D eigenvalue weighted by Gasteiger charge is -2.45. The van der Waals surface area contributed by atoms with Gasteiger partial charge in [-0.2, -0.15) is 0 Å². The summed E-state index contributed by atoms with van der Waals surface area (Å²) in [4.78, 5) is 17.0. The van der Waals surface area contributed by atoms with E-state index in [1.54, 1.807) is 0 Å². The van der Waals surface area contributed by atoms with Crippen molar-refractivity contribution >= 4 is 74.3 Å². The summed E-state index contributed by atoms with van der Waals surface area (Å²) in [5.74, 6) is 0. The Morgan fingerprint density at radius 2 is 0.810 bits per heavy atom. The first kappa shape index (κ1) is 33.6. The molecule has 272 valence electrons. The Morgan fingerprint density at radius 3 is 1.38 bits per heavy atom. The van der Waals surface area contributed by atoms with Crippen molar-refractivity contribution in [3.8, 4) is 22.5 Å². The monoisotopic (exact) mass is 741 g/mol. The van der Waals surface area contributed by atoms with Crippen molar-refractivity contribution in [2.24, 2.45) is 0 Å². The van der Waals surface area contributed by atoms with Gasteiger partial charge in [-0.3, -0.25) is 9.97 Å². The first-order chi connectivity index (χ1) is 28.8. The second kappa shape index (κ2) is 14.1. The van der Waals surface area contributed by atoms with Crippen LogP contribution >= 0.6 is 0 Å². The van der Waals surface area contributed by atoms with Crippen molar-refractivity contribution in [1.29, 1.82) is 0 Å². The highest BCUT2D eigenvalue weighted by atomic mass is 15.2. The summed E-state index contributed by atoms with van der Waals surface area (Å²) in [7, 11) is 0. The quantitative estimate of drug-likeness (QED) is 0.152. The first-order valence-electron chi connectivity index (χ1n) is 19.7. The normalized spacial score (nSPS) is 12.4. The van der Waals surface area contributed by atoms with Gasteiger partial charge in [0.25, 0.3) is 6.71 Å². The van der Waals surface area contributed by atoms with Crippen LogP contribution < -0.4 is 31.1 Å². The van der Waals surface area contributed by atoms with Crippen LogP contribution in [0.1, 0.15) is 0 Å². The molecular formula is C52H36BN5. The number of anilines is 9. The van der Waals surface area contributed by atoms with Gasteiger partial charge in [-0.05, 0) is 107 Å². The number of benzene rings is 7. The van der Waals surface area contributed by atoms with E-state index in [1.807, 2.05) is 24.5 Å². The SMILES string of the molecule is c1ccc(N(c2ccccc2)c2ccc3c(c2)N(c2ccccc2-c2ccccn2)c2cccc4c2B3c2ccccc2N4c2ccccc2-c2ccccn2)cc1. The van der Waals surface area contributed by atoms with Crippen molar-refractivity contribution in [3.63, 3.8) is 0 Å². The third-order valence-electron chi connectivity index (χ3n) is 11.3. The summed E-state index contributed by atoms with van der Waals surface area (Å²) < 4.78 is 0. The van der Waals surface area contributed by atoms with E-state index in [2.05, 4.69) is 209 Å². The minimum atomic E-state index is -0.0233. The van der Waals surface area contributed by atoms with Crippen LogP contribution in [-0.4, -0.2) is 16.7 Å². The topological polar surface area (TPSA) is 35.5 Å². The van der Waals surface area contributed by atoms with Crippen molar-refractivity contribution < 1.29 is 0 Å². The molecule has 0 saturated carbocycles. The Labute approximate surface area is 338 Å². The second-order valence-corrected chi connectivity index (χ2v) is 14.6. The van der Waals surface area contributed by atoms with Crippen molar-refractivity contribution in [2.45, 2.75) is 0 Å². The fourth-order valence-electron chi connectivity index (χ4n) is 8.94. The predicted molar refractivity (Wildman–Crippen MR) is 242 cm³/mol. The predicted octanol–water partition coefficient (Wildman–Crippen LogP) is 11.4. The molecule has 0 bridgehead atoms. The summed E-state index contributed by atoms with van der Waals surface area (Å²) >= 11 is 0. The number of hydrogen-bond donors (Lipinski definition) is 0. The Morgan fingerprint density at radius 1 is 0.345 bits per heavy atom. The fraction of sp³-hybridized carbons (Fsp3) is 0. The van der Waals surface area contributed by atoms with E-state index in [-0.39, 0.29) is 6.71 Å². The second-order valence-electron chi connectivity index (χ2n) is 14.6. The lowest BCUT2D eigenvalue weighted by molar-refractivity contribution is 1.23. The van der Waals surface area contributed by atoms with Crippen molar-refractivity contribution in [1.82, 2.24) is 9.97 Å². The van der Waals surface area contributed by atoms with E-state index in [0.29, 0.717) is 0 Å². The Hall–Kier alpha value is -7.70. The number of para-hydroxylation sites is 5. The zero-order valence-corrected chi connectivity index (χ0v) is 31.6. The highest BCUT2D eigenvalue weighted by Crippen LogP contribution is 2.48. The van der Waals surface area contributed by atoms with Gasteiger partial charge >= 0.3 is 0 Å². The van der Waals surface area contributed by atoms with Gasteiger partial charge < -0.3 is 14.7 Å². The maximum atomic E-state index is 4.87. The molecule has 0 aliphatic carbocycles. The minimum absolute atomic E-state index is 0.0233. The number of nitrogens with zero attached hydrogens (tertiary/aromatic N) is 5. The molecule has 6 heteroatoms. The molecule has 0 unspecified atom stereocenters. The van der Waals surface area contributed by atoms with Crippen LogP contribution in [0.4, 0.5) is 51.2 Å². The average molecular weight is 742 g/mol. The average Bonchev–Trinajstić information content (AvgIpc) is 3.30. The van der Waals surface area contributed by atoms with Crippen LogP contribution in [0, 0.1) is 0 Å². The van der Waals surface area contributed by atoms with Gasteiger partial charge in [0.1, 0.15) is 0 Å². The van der Waals surface area contributed by atoms with Gasteiger partial charge in [-0.1, -0.05) is 115 Å². The van der Waals surface area contributed by atoms with E-state index < -0.39 is 0 Å². The molecule has 0 spiro atoms. The molecule has 9 aromatic rings. The van der Waals surface area contributed by atoms with Gasteiger partial charge in [0.2, 0.25) is 0 Å². The molecule has 5 nitrogen and oxygen atoms in total. The Balaban J connectivity index is 1.20. The lowest BCUT2D eigenvalue weighted by Crippen LogP contribution is -2.61. The molecule has 58 heavy (non-hydrogen) atoms. The molecule has 0 radical (unpaired) electrons. The summed E-state index contributed by atoms with van der Waals surface area (Å²) in [6, 6.07) is 73.6. The van der Waals surface area contributed by atoms with Crippen LogP contribution in [0.15, 0.2) is 219 Å². The minimum Gasteiger partial charge on any atom is -0.311 e. The molecule has 0 atom stereocenters. The highest BCUT2D eigenvalue weighted by molar-refractivity contribution is 7.00. The molecule has 0 saturated heterocycles.